The van der Waals surface area contributed by atoms with Gasteiger partial charge >= 0.3 is 11.7 Å². The highest BCUT2D eigenvalue weighted by Crippen LogP contribution is 2.16. The van der Waals surface area contributed by atoms with Gasteiger partial charge < -0.3 is 5.32 Å². The van der Waals surface area contributed by atoms with Crippen LogP contribution < -0.4 is 11.0 Å². The molecule has 0 bridgehead atoms. The predicted octanol–water partition coefficient (Wildman–Crippen LogP) is 2.43. The minimum Gasteiger partial charge on any atom is -0.307 e. The van der Waals surface area contributed by atoms with E-state index in [1.165, 1.54) is 0 Å². The Labute approximate surface area is 114 Å². The second-order valence-corrected chi connectivity index (χ2v) is 4.21. The first-order chi connectivity index (χ1) is 9.75. The van der Waals surface area contributed by atoms with Crippen LogP contribution in [0.25, 0.3) is 11.4 Å². The summed E-state index contributed by atoms with van der Waals surface area (Å²) in [5.74, 6) is 0. The summed E-state index contributed by atoms with van der Waals surface area (Å²) >= 11 is 0. The number of benzene rings is 1. The summed E-state index contributed by atoms with van der Waals surface area (Å²) in [6, 6.07) is 17.2. The molecule has 1 N–H and O–H groups in total. The van der Waals surface area contributed by atoms with Crippen LogP contribution in [-0.2, 0) is 0 Å². The molecule has 0 saturated heterocycles. The first-order valence-electron chi connectivity index (χ1n) is 6.10. The standard InChI is InChI=1S/C15H11N3O2/c19-14(16-11-7-3-1-4-8-11)18-13-10-6-2-5-9-12(13)17-15(18)20/h1-10H,(H,16,19). The van der Waals surface area contributed by atoms with Crippen molar-refractivity contribution in [3.8, 4) is 11.4 Å². The van der Waals surface area contributed by atoms with Gasteiger partial charge in [-0.15, -0.1) is 0 Å². The molecule has 0 saturated carbocycles. The third-order valence-electron chi connectivity index (χ3n) is 2.87. The quantitative estimate of drug-likeness (QED) is 0.735. The lowest BCUT2D eigenvalue weighted by atomic mass is 10.3. The largest absolute Gasteiger partial charge is 0.357 e. The van der Waals surface area contributed by atoms with Crippen LogP contribution in [-0.4, -0.2) is 15.6 Å². The maximum atomic E-state index is 12.2. The predicted molar refractivity (Wildman–Crippen MR) is 76.0 cm³/mol. The molecular weight excluding hydrogens is 254 g/mol. The Morgan fingerprint density at radius 1 is 0.950 bits per heavy atom. The number of fused-ring (bicyclic) bond motifs is 1. The van der Waals surface area contributed by atoms with Crippen molar-refractivity contribution >= 4 is 11.7 Å². The fourth-order valence-corrected chi connectivity index (χ4v) is 1.97. The topological polar surface area (TPSA) is 64.0 Å². The number of rotatable bonds is 1. The number of para-hydroxylation sites is 1. The van der Waals surface area contributed by atoms with Crippen LogP contribution in [0.15, 0.2) is 65.5 Å². The van der Waals surface area contributed by atoms with Gasteiger partial charge in [-0.1, -0.05) is 36.4 Å². The number of hydrogen-bond donors (Lipinski definition) is 1. The lowest BCUT2D eigenvalue weighted by Crippen LogP contribution is -2.29. The highest BCUT2D eigenvalue weighted by atomic mass is 16.2. The molecule has 98 valence electrons. The molecule has 5 heteroatoms. The Bertz CT molecular complexity index is 781. The van der Waals surface area contributed by atoms with Gasteiger partial charge in [0.1, 0.15) is 0 Å². The second kappa shape index (κ2) is 4.97. The Morgan fingerprint density at radius 2 is 1.60 bits per heavy atom. The van der Waals surface area contributed by atoms with Gasteiger partial charge in [0.25, 0.3) is 0 Å². The van der Waals surface area contributed by atoms with E-state index in [1.54, 1.807) is 48.5 Å². The van der Waals surface area contributed by atoms with Crippen LogP contribution in [0.4, 0.5) is 10.5 Å². The number of amides is 1. The zero-order valence-corrected chi connectivity index (χ0v) is 10.5. The zero-order chi connectivity index (χ0) is 13.9. The number of imidazole rings is 1. The zero-order valence-electron chi connectivity index (χ0n) is 10.5. The van der Waals surface area contributed by atoms with Crippen LogP contribution in [0, 0.1) is 0 Å². The maximum Gasteiger partial charge on any atom is 0.357 e. The Morgan fingerprint density at radius 3 is 2.35 bits per heavy atom. The summed E-state index contributed by atoms with van der Waals surface area (Å²) < 4.78 is 1.03. The van der Waals surface area contributed by atoms with Gasteiger partial charge in [-0.2, -0.15) is 4.98 Å². The summed E-state index contributed by atoms with van der Waals surface area (Å²) in [7, 11) is 0. The summed E-state index contributed by atoms with van der Waals surface area (Å²) in [6.45, 7) is 0. The molecule has 1 aromatic carbocycles. The minimum absolute atomic E-state index is 0.480. The van der Waals surface area contributed by atoms with Crippen LogP contribution in [0.5, 0.6) is 0 Å². The van der Waals surface area contributed by atoms with E-state index >= 15 is 0 Å². The molecule has 20 heavy (non-hydrogen) atoms. The molecule has 1 aliphatic heterocycles. The second-order valence-electron chi connectivity index (χ2n) is 4.21. The van der Waals surface area contributed by atoms with E-state index in [9.17, 15) is 9.59 Å². The van der Waals surface area contributed by atoms with Crippen LogP contribution in [0.2, 0.25) is 0 Å². The molecule has 1 aromatic rings. The molecule has 0 aromatic heterocycles. The average molecular weight is 265 g/mol. The molecular formula is C15H11N3O2. The molecule has 2 aliphatic rings. The van der Waals surface area contributed by atoms with E-state index < -0.39 is 11.7 Å². The van der Waals surface area contributed by atoms with E-state index in [2.05, 4.69) is 10.3 Å². The number of nitrogens with zero attached hydrogens (tertiary/aromatic N) is 2. The number of carbonyl (C=O) groups is 1. The number of aromatic nitrogens is 2. The Balaban J connectivity index is 2.02. The molecule has 0 radical (unpaired) electrons. The fourth-order valence-electron chi connectivity index (χ4n) is 1.97. The van der Waals surface area contributed by atoms with E-state index in [4.69, 9.17) is 0 Å². The molecule has 1 heterocycles. The summed E-state index contributed by atoms with van der Waals surface area (Å²) in [4.78, 5) is 27.9. The van der Waals surface area contributed by atoms with Crippen molar-refractivity contribution in [3.63, 3.8) is 0 Å². The lowest BCUT2D eigenvalue weighted by Gasteiger charge is -2.05. The van der Waals surface area contributed by atoms with Gasteiger partial charge in [-0.3, -0.25) is 0 Å². The molecule has 5 nitrogen and oxygen atoms in total. The van der Waals surface area contributed by atoms with E-state index in [-0.39, 0.29) is 0 Å². The lowest BCUT2D eigenvalue weighted by molar-refractivity contribution is 0.253. The molecule has 0 atom stereocenters. The van der Waals surface area contributed by atoms with Crippen molar-refractivity contribution in [2.75, 3.05) is 5.32 Å². The summed E-state index contributed by atoms with van der Waals surface area (Å²) in [5.41, 5.74) is 1.01. The van der Waals surface area contributed by atoms with E-state index in [1.807, 2.05) is 12.1 Å². The van der Waals surface area contributed by atoms with Crippen LogP contribution in [0.3, 0.4) is 0 Å². The molecule has 1 amide bonds. The van der Waals surface area contributed by atoms with Crippen molar-refractivity contribution in [3.05, 3.63) is 71.1 Å². The van der Waals surface area contributed by atoms with Gasteiger partial charge in [0, 0.05) is 5.69 Å². The van der Waals surface area contributed by atoms with Crippen molar-refractivity contribution in [1.29, 1.82) is 0 Å². The van der Waals surface area contributed by atoms with Crippen LogP contribution in [0.1, 0.15) is 0 Å². The number of nitrogens with one attached hydrogen (secondary N) is 1. The monoisotopic (exact) mass is 265 g/mol. The average Bonchev–Trinajstić information content (AvgIpc) is 2.60. The third kappa shape index (κ3) is 2.16. The highest BCUT2D eigenvalue weighted by molar-refractivity contribution is 5.93. The van der Waals surface area contributed by atoms with Crippen molar-refractivity contribution in [2.45, 2.75) is 0 Å². The van der Waals surface area contributed by atoms with E-state index in [0.717, 1.165) is 4.57 Å². The first kappa shape index (κ1) is 12.1. The maximum absolute atomic E-state index is 12.2. The third-order valence-corrected chi connectivity index (χ3v) is 2.87. The minimum atomic E-state index is -0.584. The van der Waals surface area contributed by atoms with Gasteiger partial charge in [-0.05, 0) is 24.3 Å². The van der Waals surface area contributed by atoms with Crippen LogP contribution >= 0.6 is 0 Å². The highest BCUT2D eigenvalue weighted by Gasteiger charge is 2.18. The Kier molecular flexibility index (Phi) is 3.01. The number of hydrogen-bond acceptors (Lipinski definition) is 3. The molecule has 1 aliphatic carbocycles. The van der Waals surface area contributed by atoms with Crippen molar-refractivity contribution < 1.29 is 4.79 Å². The normalized spacial score (nSPS) is 10.4. The fraction of sp³-hybridized carbons (Fsp3) is 0. The van der Waals surface area contributed by atoms with Crippen molar-refractivity contribution in [1.82, 2.24) is 9.55 Å². The molecule has 0 spiro atoms. The summed E-state index contributed by atoms with van der Waals surface area (Å²) in [5, 5.41) is 2.67. The number of anilines is 1. The van der Waals surface area contributed by atoms with E-state index in [0.29, 0.717) is 17.1 Å². The van der Waals surface area contributed by atoms with Gasteiger partial charge in [0.05, 0.1) is 11.4 Å². The molecule has 0 unspecified atom stereocenters. The van der Waals surface area contributed by atoms with Gasteiger partial charge in [0.15, 0.2) is 0 Å². The van der Waals surface area contributed by atoms with Gasteiger partial charge in [-0.25, -0.2) is 14.2 Å². The summed E-state index contributed by atoms with van der Waals surface area (Å²) in [6.07, 6.45) is 0. The SMILES string of the molecule is O=C(Nc1ccccc1)n1c2cccccc-2nc1=O. The van der Waals surface area contributed by atoms with Gasteiger partial charge in [0.2, 0.25) is 0 Å². The first-order valence-corrected chi connectivity index (χ1v) is 6.10. The molecule has 3 rings (SSSR count). The Hall–Kier alpha value is -2.95. The number of carbonyl (C=O) groups excluding carboxylic acids is 1. The van der Waals surface area contributed by atoms with Crippen molar-refractivity contribution in [2.24, 2.45) is 0 Å². The molecule has 0 fully saturated rings. The smallest absolute Gasteiger partial charge is 0.307 e.